The van der Waals surface area contributed by atoms with Crippen molar-refractivity contribution >= 4 is 42.9 Å². The van der Waals surface area contributed by atoms with Gasteiger partial charge in [0.05, 0.1) is 32.1 Å². The fourth-order valence-electron chi connectivity index (χ4n) is 3.80. The van der Waals surface area contributed by atoms with Crippen LogP contribution in [0, 0.1) is 0 Å². The van der Waals surface area contributed by atoms with Crippen LogP contribution in [0.25, 0.3) is 11.1 Å². The van der Waals surface area contributed by atoms with E-state index in [-0.39, 0.29) is 21.3 Å². The fourth-order valence-corrected chi connectivity index (χ4v) is 7.73. The molecular formula is C28H24Cl2O4S2. The molecule has 4 rings (SSSR count). The number of hydrogen-bond acceptors (Lipinski definition) is 4. The van der Waals surface area contributed by atoms with Gasteiger partial charge in [-0.1, -0.05) is 84.9 Å². The van der Waals surface area contributed by atoms with Crippen molar-refractivity contribution in [2.45, 2.75) is 20.5 Å². The zero-order chi connectivity index (χ0) is 25.8. The summed E-state index contributed by atoms with van der Waals surface area (Å²) >= 11 is 12.7. The average Bonchev–Trinajstić information content (AvgIpc) is 2.89. The molecule has 0 aliphatic carbocycles. The first-order valence-electron chi connectivity index (χ1n) is 11.2. The Morgan fingerprint density at radius 2 is 0.778 bits per heavy atom. The maximum Gasteiger partial charge on any atom is 0.180 e. The molecule has 0 saturated heterocycles. The van der Waals surface area contributed by atoms with Gasteiger partial charge in [0.25, 0.3) is 0 Å². The second-order valence-corrected chi connectivity index (χ2v) is 13.5. The van der Waals surface area contributed by atoms with E-state index in [9.17, 15) is 16.8 Å². The lowest BCUT2D eigenvalue weighted by atomic mass is 10.1. The number of rotatable bonds is 9. The molecular weight excluding hydrogens is 535 g/mol. The van der Waals surface area contributed by atoms with Gasteiger partial charge in [0, 0.05) is 0 Å². The quantitative estimate of drug-likeness (QED) is 0.210. The molecule has 36 heavy (non-hydrogen) atoms. The Morgan fingerprint density at radius 3 is 1.08 bits per heavy atom. The van der Waals surface area contributed by atoms with E-state index in [1.807, 2.05) is 36.4 Å². The molecule has 0 amide bonds. The van der Waals surface area contributed by atoms with Gasteiger partial charge in [-0.15, -0.1) is 23.2 Å². The standard InChI is InChI=1S/C28H24Cl2O4S2/c29-27(23-7-3-1-4-8-23)19-35(31,32)25-15-11-21(12-16-25)22-13-17-26(18-14-22)36(33,34)20-28(30)24-9-5-2-6-10-24/h1-18,27-28H,19-20H2. The summed E-state index contributed by atoms with van der Waals surface area (Å²) < 4.78 is 51.4. The third-order valence-electron chi connectivity index (χ3n) is 5.81. The molecule has 0 heterocycles. The monoisotopic (exact) mass is 558 g/mol. The molecule has 2 unspecified atom stereocenters. The Hall–Kier alpha value is -2.64. The Balaban J connectivity index is 1.46. The molecule has 0 aliphatic rings. The number of sulfone groups is 2. The molecule has 8 heteroatoms. The van der Waals surface area contributed by atoms with Crippen molar-refractivity contribution in [1.82, 2.24) is 0 Å². The average molecular weight is 560 g/mol. The first-order chi connectivity index (χ1) is 17.2. The van der Waals surface area contributed by atoms with Crippen LogP contribution in [-0.2, 0) is 19.7 Å². The smallest absolute Gasteiger partial charge is 0.180 e. The molecule has 4 nitrogen and oxygen atoms in total. The molecule has 4 aromatic carbocycles. The minimum atomic E-state index is -3.59. The van der Waals surface area contributed by atoms with Crippen LogP contribution in [0.15, 0.2) is 119 Å². The van der Waals surface area contributed by atoms with Gasteiger partial charge in [-0.3, -0.25) is 0 Å². The highest BCUT2D eigenvalue weighted by atomic mass is 35.5. The molecule has 0 spiro atoms. The Kier molecular flexibility index (Phi) is 8.20. The van der Waals surface area contributed by atoms with Crippen molar-refractivity contribution in [2.24, 2.45) is 0 Å². The fraction of sp³-hybridized carbons (Fsp3) is 0.143. The molecule has 2 atom stereocenters. The summed E-state index contributed by atoms with van der Waals surface area (Å²) in [5.74, 6) is -0.427. The predicted octanol–water partition coefficient (Wildman–Crippen LogP) is 6.86. The summed E-state index contributed by atoms with van der Waals surface area (Å²) in [5, 5.41) is -1.31. The van der Waals surface area contributed by atoms with Crippen molar-refractivity contribution in [1.29, 1.82) is 0 Å². The normalized spacial score (nSPS) is 13.7. The van der Waals surface area contributed by atoms with Gasteiger partial charge in [0.1, 0.15) is 0 Å². The van der Waals surface area contributed by atoms with E-state index < -0.39 is 30.4 Å². The van der Waals surface area contributed by atoms with Gasteiger partial charge in [0.2, 0.25) is 0 Å². The zero-order valence-corrected chi connectivity index (χ0v) is 22.3. The predicted molar refractivity (Wildman–Crippen MR) is 146 cm³/mol. The van der Waals surface area contributed by atoms with Gasteiger partial charge in [0.15, 0.2) is 19.7 Å². The van der Waals surface area contributed by atoms with Crippen LogP contribution in [0.5, 0.6) is 0 Å². The Labute approximate surface area is 222 Å². The highest BCUT2D eigenvalue weighted by Crippen LogP contribution is 2.29. The summed E-state index contributed by atoms with van der Waals surface area (Å²) in [7, 11) is -7.18. The maximum absolute atomic E-state index is 12.8. The van der Waals surface area contributed by atoms with E-state index >= 15 is 0 Å². The Morgan fingerprint density at radius 1 is 0.472 bits per heavy atom. The van der Waals surface area contributed by atoms with Crippen molar-refractivity contribution in [3.8, 4) is 11.1 Å². The SMILES string of the molecule is O=S(=O)(CC(Cl)c1ccccc1)c1ccc(-c2ccc(S(=O)(=O)CC(Cl)c3ccccc3)cc2)cc1. The molecule has 0 saturated carbocycles. The number of benzene rings is 4. The third kappa shape index (κ3) is 6.37. The largest absolute Gasteiger partial charge is 0.224 e. The van der Waals surface area contributed by atoms with Gasteiger partial charge < -0.3 is 0 Å². The highest BCUT2D eigenvalue weighted by molar-refractivity contribution is 7.91. The number of hydrogen-bond donors (Lipinski definition) is 0. The van der Waals surface area contributed by atoms with Crippen LogP contribution in [-0.4, -0.2) is 28.3 Å². The second kappa shape index (κ2) is 11.2. The topological polar surface area (TPSA) is 68.3 Å². The second-order valence-electron chi connectivity index (χ2n) is 8.37. The molecule has 0 N–H and O–H groups in total. The van der Waals surface area contributed by atoms with E-state index in [0.717, 1.165) is 22.3 Å². The lowest BCUT2D eigenvalue weighted by Crippen LogP contribution is -2.12. The molecule has 0 fully saturated rings. The number of alkyl halides is 2. The molecule has 0 radical (unpaired) electrons. The minimum absolute atomic E-state index is 0.182. The van der Waals surface area contributed by atoms with E-state index in [1.165, 1.54) is 0 Å². The van der Waals surface area contributed by atoms with Crippen molar-refractivity contribution in [2.75, 3.05) is 11.5 Å². The van der Waals surface area contributed by atoms with Crippen molar-refractivity contribution in [3.63, 3.8) is 0 Å². The highest BCUT2D eigenvalue weighted by Gasteiger charge is 2.22. The van der Waals surface area contributed by atoms with Crippen LogP contribution in [0.4, 0.5) is 0 Å². The van der Waals surface area contributed by atoms with Crippen molar-refractivity contribution < 1.29 is 16.8 Å². The van der Waals surface area contributed by atoms with E-state index in [0.29, 0.717) is 0 Å². The lowest BCUT2D eigenvalue weighted by Gasteiger charge is -2.12. The molecule has 0 bridgehead atoms. The summed E-state index contributed by atoms with van der Waals surface area (Å²) in [6.45, 7) is 0. The van der Waals surface area contributed by atoms with Crippen LogP contribution < -0.4 is 0 Å². The minimum Gasteiger partial charge on any atom is -0.224 e. The van der Waals surface area contributed by atoms with Crippen LogP contribution in [0.3, 0.4) is 0 Å². The summed E-state index contributed by atoms with van der Waals surface area (Å²) in [4.78, 5) is 0.363. The third-order valence-corrected chi connectivity index (χ3v) is 10.5. The summed E-state index contributed by atoms with van der Waals surface area (Å²) in [6, 6.07) is 31.2. The summed E-state index contributed by atoms with van der Waals surface area (Å²) in [6.07, 6.45) is 0. The molecule has 4 aromatic rings. The maximum atomic E-state index is 12.8. The van der Waals surface area contributed by atoms with Gasteiger partial charge in [-0.2, -0.15) is 0 Å². The molecule has 0 aromatic heterocycles. The van der Waals surface area contributed by atoms with Crippen LogP contribution >= 0.6 is 23.2 Å². The van der Waals surface area contributed by atoms with Gasteiger partial charge >= 0.3 is 0 Å². The first kappa shape index (κ1) is 26.4. The summed E-state index contributed by atoms with van der Waals surface area (Å²) in [5.41, 5.74) is 3.03. The Bertz CT molecular complexity index is 1390. The van der Waals surface area contributed by atoms with Gasteiger partial charge in [-0.05, 0) is 46.5 Å². The first-order valence-corrected chi connectivity index (χ1v) is 15.4. The van der Waals surface area contributed by atoms with Gasteiger partial charge in [-0.25, -0.2) is 16.8 Å². The van der Waals surface area contributed by atoms with Crippen LogP contribution in [0.2, 0.25) is 0 Å². The van der Waals surface area contributed by atoms with E-state index in [4.69, 9.17) is 23.2 Å². The van der Waals surface area contributed by atoms with Crippen molar-refractivity contribution in [3.05, 3.63) is 120 Å². The van der Waals surface area contributed by atoms with E-state index in [1.54, 1.807) is 72.8 Å². The van der Waals surface area contributed by atoms with Crippen LogP contribution in [0.1, 0.15) is 21.9 Å². The van der Waals surface area contributed by atoms with E-state index in [2.05, 4.69) is 0 Å². The zero-order valence-electron chi connectivity index (χ0n) is 19.2. The number of halogens is 2. The lowest BCUT2D eigenvalue weighted by molar-refractivity contribution is 0.593. The molecule has 0 aliphatic heterocycles. The molecule has 186 valence electrons.